The molecule has 2 rings (SSSR count). The summed E-state index contributed by atoms with van der Waals surface area (Å²) in [6.07, 6.45) is -4.62. The monoisotopic (exact) mass is 322 g/mol. The summed E-state index contributed by atoms with van der Waals surface area (Å²) in [5.74, 6) is -0.369. The van der Waals surface area contributed by atoms with Crippen molar-refractivity contribution in [3.63, 3.8) is 0 Å². The second-order valence-corrected chi connectivity index (χ2v) is 4.50. The molecule has 0 fully saturated rings. The van der Waals surface area contributed by atoms with Crippen LogP contribution in [0.5, 0.6) is 5.75 Å². The van der Waals surface area contributed by atoms with Gasteiger partial charge in [0.25, 0.3) is 0 Å². The fourth-order valence-electron chi connectivity index (χ4n) is 1.88. The summed E-state index contributed by atoms with van der Waals surface area (Å²) in [6, 6.07) is 8.15. The molecule has 7 heteroatoms. The Bertz CT molecular complexity index is 640. The molecule has 0 saturated carbocycles. The molecule has 0 heterocycles. The lowest BCUT2D eigenvalue weighted by atomic mass is 9.98. The van der Waals surface area contributed by atoms with Gasteiger partial charge in [-0.2, -0.15) is 22.0 Å². The van der Waals surface area contributed by atoms with Crippen molar-refractivity contribution >= 4 is 11.6 Å². The minimum Gasteiger partial charge on any atom is -0.434 e. The predicted molar refractivity (Wildman–Crippen MR) is 68.5 cm³/mol. The summed E-state index contributed by atoms with van der Waals surface area (Å²) in [6.45, 7) is -3.15. The maximum absolute atomic E-state index is 13.0. The van der Waals surface area contributed by atoms with Gasteiger partial charge in [0, 0.05) is 10.6 Å². The Morgan fingerprint density at radius 2 is 1.62 bits per heavy atom. The first-order valence-electron chi connectivity index (χ1n) is 5.70. The van der Waals surface area contributed by atoms with Crippen LogP contribution in [-0.4, -0.2) is 6.61 Å². The van der Waals surface area contributed by atoms with Gasteiger partial charge in [-0.1, -0.05) is 29.8 Å². The third-order valence-electron chi connectivity index (χ3n) is 2.68. The van der Waals surface area contributed by atoms with E-state index >= 15 is 0 Å². The number of halogens is 6. The summed E-state index contributed by atoms with van der Waals surface area (Å²) in [7, 11) is 0. The summed E-state index contributed by atoms with van der Waals surface area (Å²) >= 11 is 5.75. The van der Waals surface area contributed by atoms with E-state index in [0.29, 0.717) is 0 Å². The molecular formula is C14H8ClF5O. The Morgan fingerprint density at radius 1 is 0.952 bits per heavy atom. The molecular weight excluding hydrogens is 315 g/mol. The molecule has 1 nitrogen and oxygen atoms in total. The number of benzene rings is 2. The highest BCUT2D eigenvalue weighted by atomic mass is 35.5. The van der Waals surface area contributed by atoms with E-state index < -0.39 is 18.4 Å². The first kappa shape index (κ1) is 15.6. The minimum absolute atomic E-state index is 0.114. The first-order chi connectivity index (χ1) is 9.79. The van der Waals surface area contributed by atoms with Gasteiger partial charge in [-0.05, 0) is 29.8 Å². The number of ether oxygens (including phenoxy) is 1. The predicted octanol–water partition coefficient (Wildman–Crippen LogP) is 5.63. The SMILES string of the molecule is FC(F)Oc1ccc(Cl)cc1-c1ccccc1C(F)(F)F. The highest BCUT2D eigenvalue weighted by molar-refractivity contribution is 6.31. The molecule has 2 aromatic rings. The van der Waals surface area contributed by atoms with Crippen LogP contribution in [0.3, 0.4) is 0 Å². The van der Waals surface area contributed by atoms with Crippen LogP contribution in [0.15, 0.2) is 42.5 Å². The zero-order valence-corrected chi connectivity index (χ0v) is 11.1. The van der Waals surface area contributed by atoms with Crippen molar-refractivity contribution in [2.75, 3.05) is 0 Å². The van der Waals surface area contributed by atoms with Crippen LogP contribution in [0.25, 0.3) is 11.1 Å². The Hall–Kier alpha value is -1.82. The quantitative estimate of drug-likeness (QED) is 0.666. The largest absolute Gasteiger partial charge is 0.434 e. The van der Waals surface area contributed by atoms with Crippen LogP contribution < -0.4 is 4.74 Å². The van der Waals surface area contributed by atoms with Gasteiger partial charge >= 0.3 is 12.8 Å². The molecule has 0 spiro atoms. The average molecular weight is 323 g/mol. The molecule has 21 heavy (non-hydrogen) atoms. The zero-order chi connectivity index (χ0) is 15.6. The Balaban J connectivity index is 2.64. The first-order valence-corrected chi connectivity index (χ1v) is 6.08. The van der Waals surface area contributed by atoms with E-state index in [2.05, 4.69) is 4.74 Å². The molecule has 112 valence electrons. The topological polar surface area (TPSA) is 9.23 Å². The summed E-state index contributed by atoms with van der Waals surface area (Å²) in [5, 5.41) is 0.114. The third kappa shape index (κ3) is 3.64. The summed E-state index contributed by atoms with van der Waals surface area (Å²) in [5.41, 5.74) is -1.37. The molecule has 0 bridgehead atoms. The van der Waals surface area contributed by atoms with E-state index in [1.807, 2.05) is 0 Å². The van der Waals surface area contributed by atoms with Crippen molar-refractivity contribution in [2.45, 2.75) is 12.8 Å². The normalized spacial score (nSPS) is 11.8. The van der Waals surface area contributed by atoms with Gasteiger partial charge in [0.05, 0.1) is 5.56 Å². The maximum atomic E-state index is 13.0. The molecule has 2 aromatic carbocycles. The van der Waals surface area contributed by atoms with Gasteiger partial charge < -0.3 is 4.74 Å². The second-order valence-electron chi connectivity index (χ2n) is 4.06. The van der Waals surface area contributed by atoms with E-state index in [0.717, 1.165) is 18.2 Å². The number of hydrogen-bond acceptors (Lipinski definition) is 1. The molecule has 0 aliphatic rings. The van der Waals surface area contributed by atoms with E-state index in [-0.39, 0.29) is 21.9 Å². The molecule has 0 saturated heterocycles. The maximum Gasteiger partial charge on any atom is 0.417 e. The molecule has 0 radical (unpaired) electrons. The standard InChI is InChI=1S/C14H8ClF5O/c15-8-5-6-12(21-13(16)17)10(7-8)9-3-1-2-4-11(9)14(18,19)20/h1-7,13H. The van der Waals surface area contributed by atoms with Crippen LogP contribution in [0, 0.1) is 0 Å². The minimum atomic E-state index is -4.62. The smallest absolute Gasteiger partial charge is 0.417 e. The Kier molecular flexibility index (Phi) is 4.37. The van der Waals surface area contributed by atoms with Gasteiger partial charge in [0.2, 0.25) is 0 Å². The lowest BCUT2D eigenvalue weighted by Gasteiger charge is -2.16. The van der Waals surface area contributed by atoms with Crippen molar-refractivity contribution in [3.05, 3.63) is 53.1 Å². The summed E-state index contributed by atoms with van der Waals surface area (Å²) in [4.78, 5) is 0. The van der Waals surface area contributed by atoms with Crippen LogP contribution >= 0.6 is 11.6 Å². The Labute approximate surface area is 121 Å². The fourth-order valence-corrected chi connectivity index (χ4v) is 2.05. The van der Waals surface area contributed by atoms with Gasteiger partial charge in [-0.25, -0.2) is 0 Å². The second kappa shape index (κ2) is 5.89. The summed E-state index contributed by atoms with van der Waals surface area (Å²) < 4.78 is 68.0. The highest BCUT2D eigenvalue weighted by Gasteiger charge is 2.34. The van der Waals surface area contributed by atoms with Gasteiger partial charge in [0.1, 0.15) is 5.75 Å². The number of hydrogen-bond donors (Lipinski definition) is 0. The van der Waals surface area contributed by atoms with E-state index in [9.17, 15) is 22.0 Å². The molecule has 0 aliphatic carbocycles. The lowest BCUT2D eigenvalue weighted by molar-refractivity contribution is -0.137. The number of alkyl halides is 5. The van der Waals surface area contributed by atoms with Gasteiger partial charge in [-0.3, -0.25) is 0 Å². The van der Waals surface area contributed by atoms with Crippen molar-refractivity contribution < 1.29 is 26.7 Å². The Morgan fingerprint density at radius 3 is 2.24 bits per heavy atom. The van der Waals surface area contributed by atoms with Crippen LogP contribution in [0.1, 0.15) is 5.56 Å². The lowest BCUT2D eigenvalue weighted by Crippen LogP contribution is -2.08. The van der Waals surface area contributed by atoms with Crippen molar-refractivity contribution in [1.29, 1.82) is 0 Å². The van der Waals surface area contributed by atoms with E-state index in [4.69, 9.17) is 11.6 Å². The van der Waals surface area contributed by atoms with Crippen molar-refractivity contribution in [2.24, 2.45) is 0 Å². The van der Waals surface area contributed by atoms with E-state index in [1.54, 1.807) is 0 Å². The van der Waals surface area contributed by atoms with Crippen molar-refractivity contribution in [1.82, 2.24) is 0 Å². The third-order valence-corrected chi connectivity index (χ3v) is 2.92. The van der Waals surface area contributed by atoms with Gasteiger partial charge in [0.15, 0.2) is 0 Å². The van der Waals surface area contributed by atoms with Crippen molar-refractivity contribution in [3.8, 4) is 16.9 Å². The molecule has 0 amide bonds. The van der Waals surface area contributed by atoms with Crippen LogP contribution in [0.4, 0.5) is 22.0 Å². The fraction of sp³-hybridized carbons (Fsp3) is 0.143. The van der Waals surface area contributed by atoms with Crippen LogP contribution in [0.2, 0.25) is 5.02 Å². The van der Waals surface area contributed by atoms with Gasteiger partial charge in [-0.15, -0.1) is 0 Å². The average Bonchev–Trinajstić information content (AvgIpc) is 2.39. The molecule has 0 unspecified atom stereocenters. The van der Waals surface area contributed by atoms with E-state index in [1.165, 1.54) is 24.3 Å². The molecule has 0 atom stereocenters. The number of rotatable bonds is 3. The highest BCUT2D eigenvalue weighted by Crippen LogP contribution is 2.41. The van der Waals surface area contributed by atoms with Crippen LogP contribution in [-0.2, 0) is 6.18 Å². The molecule has 0 aromatic heterocycles. The zero-order valence-electron chi connectivity index (χ0n) is 10.3. The molecule has 0 aliphatic heterocycles. The molecule has 0 N–H and O–H groups in total.